The molecule has 0 fully saturated rings. The van der Waals surface area contributed by atoms with E-state index in [4.69, 9.17) is 26.2 Å². The number of benzene rings is 1. The van der Waals surface area contributed by atoms with Crippen molar-refractivity contribution in [1.29, 1.82) is 0 Å². The van der Waals surface area contributed by atoms with Gasteiger partial charge in [-0.15, -0.1) is 0 Å². The average Bonchev–Trinajstić information content (AvgIpc) is 2.37. The number of hydrogen-bond donors (Lipinski definition) is 2. The number of amides is 1. The fourth-order valence-electron chi connectivity index (χ4n) is 1.29. The number of carboxylic acids is 1. The third kappa shape index (κ3) is 5.15. The molecule has 1 aromatic carbocycles. The number of carbonyl (C=O) groups excluding carboxylic acids is 1. The van der Waals surface area contributed by atoms with Gasteiger partial charge in [0.25, 0.3) is 5.91 Å². The van der Waals surface area contributed by atoms with E-state index < -0.39 is 18.4 Å². The van der Waals surface area contributed by atoms with Gasteiger partial charge in [-0.25, -0.2) is 0 Å². The molecule has 0 saturated carbocycles. The van der Waals surface area contributed by atoms with E-state index in [9.17, 15) is 9.59 Å². The van der Waals surface area contributed by atoms with Crippen LogP contribution in [-0.2, 0) is 9.53 Å². The number of rotatable bonds is 7. The number of ether oxygens (including phenoxy) is 2. The molecule has 0 heterocycles. The normalized spacial score (nSPS) is 10.0. The van der Waals surface area contributed by atoms with E-state index in [1.807, 2.05) is 0 Å². The number of halogens is 1. The molecule has 0 saturated heterocycles. The van der Waals surface area contributed by atoms with Crippen LogP contribution in [0.1, 0.15) is 10.4 Å². The van der Waals surface area contributed by atoms with E-state index >= 15 is 0 Å². The molecule has 0 aliphatic rings. The second-order valence-electron chi connectivity index (χ2n) is 3.56. The van der Waals surface area contributed by atoms with E-state index in [0.29, 0.717) is 17.4 Å². The van der Waals surface area contributed by atoms with Gasteiger partial charge in [0.15, 0.2) is 0 Å². The van der Waals surface area contributed by atoms with Crippen molar-refractivity contribution >= 4 is 23.5 Å². The summed E-state index contributed by atoms with van der Waals surface area (Å²) in [7, 11) is 1.53. The van der Waals surface area contributed by atoms with Crippen LogP contribution in [0.25, 0.3) is 0 Å². The Morgan fingerprint density at radius 3 is 2.74 bits per heavy atom. The number of hydrogen-bond acceptors (Lipinski definition) is 4. The Morgan fingerprint density at radius 1 is 1.37 bits per heavy atom. The van der Waals surface area contributed by atoms with Crippen LogP contribution in [0.3, 0.4) is 0 Å². The number of nitrogens with one attached hydrogen (secondary N) is 1. The second kappa shape index (κ2) is 7.60. The lowest BCUT2D eigenvalue weighted by Gasteiger charge is -2.11. The SMILES string of the molecule is COCCOc1ccc(Cl)cc1C(=O)NCC(=O)O. The number of carbonyl (C=O) groups is 2. The first kappa shape index (κ1) is 15.3. The zero-order chi connectivity index (χ0) is 14.3. The van der Waals surface area contributed by atoms with Crippen molar-refractivity contribution in [2.45, 2.75) is 0 Å². The number of carboxylic acid groups (broad SMARTS) is 1. The summed E-state index contributed by atoms with van der Waals surface area (Å²) in [6.45, 7) is 0.180. The Labute approximate surface area is 115 Å². The van der Waals surface area contributed by atoms with E-state index in [1.54, 1.807) is 12.1 Å². The van der Waals surface area contributed by atoms with Crippen molar-refractivity contribution in [3.05, 3.63) is 28.8 Å². The maximum absolute atomic E-state index is 11.8. The predicted molar refractivity (Wildman–Crippen MR) is 68.8 cm³/mol. The van der Waals surface area contributed by atoms with Crippen molar-refractivity contribution in [2.24, 2.45) is 0 Å². The van der Waals surface area contributed by atoms with Crippen molar-refractivity contribution in [3.63, 3.8) is 0 Å². The van der Waals surface area contributed by atoms with Crippen LogP contribution in [0.15, 0.2) is 18.2 Å². The molecule has 19 heavy (non-hydrogen) atoms. The predicted octanol–water partition coefficient (Wildman–Crippen LogP) is 1.18. The molecule has 0 unspecified atom stereocenters. The van der Waals surface area contributed by atoms with Gasteiger partial charge in [0, 0.05) is 12.1 Å². The molecule has 0 aromatic heterocycles. The third-order valence-electron chi connectivity index (χ3n) is 2.13. The standard InChI is InChI=1S/C12H14ClNO5/c1-18-4-5-19-10-3-2-8(13)6-9(10)12(17)14-7-11(15)16/h2-3,6H,4-5,7H2,1H3,(H,14,17)(H,15,16). The molecular formula is C12H14ClNO5. The summed E-state index contributed by atoms with van der Waals surface area (Å²) in [5, 5.41) is 11.1. The van der Waals surface area contributed by atoms with Gasteiger partial charge in [-0.05, 0) is 18.2 Å². The van der Waals surface area contributed by atoms with E-state index in [0.717, 1.165) is 0 Å². The van der Waals surface area contributed by atoms with E-state index in [2.05, 4.69) is 5.32 Å². The Kier molecular flexibility index (Phi) is 6.11. The van der Waals surface area contributed by atoms with Crippen LogP contribution in [0.2, 0.25) is 5.02 Å². The minimum atomic E-state index is -1.13. The molecule has 2 N–H and O–H groups in total. The second-order valence-corrected chi connectivity index (χ2v) is 3.99. The molecule has 0 spiro atoms. The first-order chi connectivity index (χ1) is 9.04. The highest BCUT2D eigenvalue weighted by Gasteiger charge is 2.14. The van der Waals surface area contributed by atoms with Crippen molar-refractivity contribution < 1.29 is 24.2 Å². The smallest absolute Gasteiger partial charge is 0.322 e. The van der Waals surface area contributed by atoms with Crippen LogP contribution in [-0.4, -0.2) is 43.9 Å². The van der Waals surface area contributed by atoms with E-state index in [-0.39, 0.29) is 12.2 Å². The van der Waals surface area contributed by atoms with Crippen LogP contribution >= 0.6 is 11.6 Å². The third-order valence-corrected chi connectivity index (χ3v) is 2.37. The van der Waals surface area contributed by atoms with Crippen LogP contribution in [0.4, 0.5) is 0 Å². The molecule has 0 radical (unpaired) electrons. The summed E-state index contributed by atoms with van der Waals surface area (Å²) in [6, 6.07) is 4.55. The number of aliphatic carboxylic acids is 1. The van der Waals surface area contributed by atoms with Crippen molar-refractivity contribution in [3.8, 4) is 5.75 Å². The molecule has 0 aliphatic carbocycles. The summed E-state index contributed by atoms with van der Waals surface area (Å²) in [4.78, 5) is 22.2. The molecule has 0 bridgehead atoms. The van der Waals surface area contributed by atoms with Gasteiger partial charge in [-0.1, -0.05) is 11.6 Å². The lowest BCUT2D eigenvalue weighted by molar-refractivity contribution is -0.135. The molecule has 104 valence electrons. The summed E-state index contributed by atoms with van der Waals surface area (Å²) in [5.41, 5.74) is 0.185. The topological polar surface area (TPSA) is 84.9 Å². The van der Waals surface area contributed by atoms with Gasteiger partial charge >= 0.3 is 5.97 Å². The Morgan fingerprint density at radius 2 is 2.11 bits per heavy atom. The lowest BCUT2D eigenvalue weighted by atomic mass is 10.2. The van der Waals surface area contributed by atoms with Crippen LogP contribution < -0.4 is 10.1 Å². The van der Waals surface area contributed by atoms with Gasteiger partial charge in [0.2, 0.25) is 0 Å². The monoisotopic (exact) mass is 287 g/mol. The molecule has 6 nitrogen and oxygen atoms in total. The molecule has 0 atom stereocenters. The number of methoxy groups -OCH3 is 1. The van der Waals surface area contributed by atoms with Gasteiger partial charge in [-0.3, -0.25) is 9.59 Å². The highest BCUT2D eigenvalue weighted by atomic mass is 35.5. The molecular weight excluding hydrogens is 274 g/mol. The molecule has 1 rings (SSSR count). The van der Waals surface area contributed by atoms with Gasteiger partial charge in [-0.2, -0.15) is 0 Å². The first-order valence-electron chi connectivity index (χ1n) is 5.46. The van der Waals surface area contributed by atoms with E-state index in [1.165, 1.54) is 13.2 Å². The Balaban J connectivity index is 2.80. The largest absolute Gasteiger partial charge is 0.490 e. The average molecular weight is 288 g/mol. The van der Waals surface area contributed by atoms with Gasteiger partial charge in [0.05, 0.1) is 12.2 Å². The summed E-state index contributed by atoms with van der Waals surface area (Å²) < 4.78 is 10.2. The summed E-state index contributed by atoms with van der Waals surface area (Å²) in [6.07, 6.45) is 0. The zero-order valence-electron chi connectivity index (χ0n) is 10.3. The summed E-state index contributed by atoms with van der Waals surface area (Å²) >= 11 is 5.81. The quantitative estimate of drug-likeness (QED) is 0.736. The molecule has 0 aliphatic heterocycles. The van der Waals surface area contributed by atoms with Crippen molar-refractivity contribution in [2.75, 3.05) is 26.9 Å². The Hall–Kier alpha value is -1.79. The summed E-state index contributed by atoms with van der Waals surface area (Å²) in [5.74, 6) is -1.36. The maximum atomic E-state index is 11.8. The minimum absolute atomic E-state index is 0.185. The molecule has 1 aromatic rings. The zero-order valence-corrected chi connectivity index (χ0v) is 11.1. The fraction of sp³-hybridized carbons (Fsp3) is 0.333. The van der Waals surface area contributed by atoms with Crippen LogP contribution in [0.5, 0.6) is 5.75 Å². The lowest BCUT2D eigenvalue weighted by Crippen LogP contribution is -2.29. The highest BCUT2D eigenvalue weighted by Crippen LogP contribution is 2.22. The van der Waals surface area contributed by atoms with Gasteiger partial charge in [0.1, 0.15) is 18.9 Å². The Bertz CT molecular complexity index is 463. The van der Waals surface area contributed by atoms with Crippen LogP contribution in [0, 0.1) is 0 Å². The first-order valence-corrected chi connectivity index (χ1v) is 5.83. The minimum Gasteiger partial charge on any atom is -0.490 e. The molecule has 1 amide bonds. The maximum Gasteiger partial charge on any atom is 0.322 e. The van der Waals surface area contributed by atoms with Gasteiger partial charge < -0.3 is 19.9 Å². The molecule has 7 heteroatoms. The highest BCUT2D eigenvalue weighted by molar-refractivity contribution is 6.31. The fourth-order valence-corrected chi connectivity index (χ4v) is 1.46. The van der Waals surface area contributed by atoms with Crippen molar-refractivity contribution in [1.82, 2.24) is 5.32 Å².